The summed E-state index contributed by atoms with van der Waals surface area (Å²) >= 11 is 5.70. The van der Waals surface area contributed by atoms with Crippen LogP contribution >= 0.6 is 11.6 Å². The normalized spacial score (nSPS) is 10.8. The number of aromatic nitrogens is 2. The first-order valence-corrected chi connectivity index (χ1v) is 5.76. The average molecular weight is 279 g/mol. The molecule has 1 aromatic heterocycles. The Morgan fingerprint density at radius 1 is 1.11 bits per heavy atom. The van der Waals surface area contributed by atoms with Gasteiger partial charge >= 0.3 is 0 Å². The average Bonchev–Trinajstić information content (AvgIpc) is 2.86. The summed E-state index contributed by atoms with van der Waals surface area (Å²) in [6.45, 7) is 0. The molecule has 3 aromatic rings. The number of nitrogens with one attached hydrogen (secondary N) is 1. The van der Waals surface area contributed by atoms with Crippen LogP contribution in [-0.4, -0.2) is 10.3 Å². The van der Waals surface area contributed by atoms with Crippen molar-refractivity contribution in [2.75, 3.05) is 11.1 Å². The Balaban J connectivity index is 2.06. The first-order chi connectivity index (χ1) is 9.15. The van der Waals surface area contributed by atoms with E-state index >= 15 is 0 Å². The van der Waals surface area contributed by atoms with E-state index < -0.39 is 5.82 Å². The van der Waals surface area contributed by atoms with Crippen molar-refractivity contribution in [2.24, 2.45) is 0 Å². The number of fused-ring (bicyclic) bond motifs is 1. The van der Waals surface area contributed by atoms with Crippen molar-refractivity contribution in [3.63, 3.8) is 0 Å². The highest BCUT2D eigenvalue weighted by Gasteiger charge is 2.11. The topological polar surface area (TPSA) is 77.0 Å². The van der Waals surface area contributed by atoms with E-state index in [-0.39, 0.29) is 5.69 Å². The zero-order valence-electron chi connectivity index (χ0n) is 9.52. The van der Waals surface area contributed by atoms with Gasteiger partial charge in [-0.25, -0.2) is 9.02 Å². The number of anilines is 3. The van der Waals surface area contributed by atoms with E-state index in [9.17, 15) is 4.39 Å². The molecule has 3 rings (SSSR count). The fourth-order valence-corrected chi connectivity index (χ4v) is 1.88. The minimum Gasteiger partial charge on any atom is -0.397 e. The Labute approximate surface area is 112 Å². The van der Waals surface area contributed by atoms with Gasteiger partial charge in [0.15, 0.2) is 11.0 Å². The zero-order valence-corrected chi connectivity index (χ0v) is 10.3. The van der Waals surface area contributed by atoms with Gasteiger partial charge in [0.25, 0.3) is 0 Å². The van der Waals surface area contributed by atoms with Crippen LogP contribution in [0.15, 0.2) is 35.0 Å². The maximum Gasteiger partial charge on any atom is 0.160 e. The van der Waals surface area contributed by atoms with Crippen LogP contribution in [0.2, 0.25) is 5.02 Å². The third-order valence-electron chi connectivity index (χ3n) is 2.65. The van der Waals surface area contributed by atoms with Crippen LogP contribution < -0.4 is 11.1 Å². The van der Waals surface area contributed by atoms with Gasteiger partial charge in [-0.2, -0.15) is 0 Å². The molecule has 2 aromatic carbocycles. The predicted octanol–water partition coefficient (Wildman–Crippen LogP) is 3.34. The quantitative estimate of drug-likeness (QED) is 0.703. The summed E-state index contributed by atoms with van der Waals surface area (Å²) in [6, 6.07) is 7.66. The van der Waals surface area contributed by atoms with E-state index in [1.165, 1.54) is 12.1 Å². The Morgan fingerprint density at radius 2 is 1.84 bits per heavy atom. The monoisotopic (exact) mass is 278 g/mol. The lowest BCUT2D eigenvalue weighted by molar-refractivity contribution is 0.316. The summed E-state index contributed by atoms with van der Waals surface area (Å²) in [5.74, 6) is -0.464. The molecule has 0 unspecified atom stereocenters. The molecule has 0 bridgehead atoms. The van der Waals surface area contributed by atoms with Gasteiger partial charge in [-0.05, 0) is 40.6 Å². The smallest absolute Gasteiger partial charge is 0.160 e. The predicted molar refractivity (Wildman–Crippen MR) is 70.9 cm³/mol. The summed E-state index contributed by atoms with van der Waals surface area (Å²) in [4.78, 5) is 0. The van der Waals surface area contributed by atoms with E-state index in [4.69, 9.17) is 17.3 Å². The molecular weight excluding hydrogens is 271 g/mol. The molecule has 7 heteroatoms. The molecule has 0 amide bonds. The number of nitrogens with zero attached hydrogens (tertiary/aromatic N) is 2. The van der Waals surface area contributed by atoms with Gasteiger partial charge in [0.2, 0.25) is 0 Å². The summed E-state index contributed by atoms with van der Waals surface area (Å²) in [7, 11) is 0. The second kappa shape index (κ2) is 4.40. The van der Waals surface area contributed by atoms with Crippen molar-refractivity contribution in [2.45, 2.75) is 0 Å². The zero-order chi connectivity index (χ0) is 13.4. The second-order valence-electron chi connectivity index (χ2n) is 3.91. The van der Waals surface area contributed by atoms with Gasteiger partial charge in [-0.3, -0.25) is 0 Å². The van der Waals surface area contributed by atoms with Gasteiger partial charge in [0, 0.05) is 5.02 Å². The fourth-order valence-electron chi connectivity index (χ4n) is 1.72. The molecule has 1 heterocycles. The van der Waals surface area contributed by atoms with E-state index in [0.717, 1.165) is 0 Å². The van der Waals surface area contributed by atoms with Crippen molar-refractivity contribution >= 4 is 39.7 Å². The van der Waals surface area contributed by atoms with Crippen molar-refractivity contribution in [1.82, 2.24) is 10.3 Å². The molecule has 0 saturated carbocycles. The Hall–Kier alpha value is -2.34. The van der Waals surface area contributed by atoms with Crippen molar-refractivity contribution in [3.05, 3.63) is 41.2 Å². The molecule has 0 atom stereocenters. The number of hydrogen-bond acceptors (Lipinski definition) is 5. The van der Waals surface area contributed by atoms with Crippen molar-refractivity contribution in [1.29, 1.82) is 0 Å². The van der Waals surface area contributed by atoms with Crippen LogP contribution in [0, 0.1) is 5.82 Å². The molecule has 0 radical (unpaired) electrons. The lowest BCUT2D eigenvalue weighted by Gasteiger charge is -2.08. The van der Waals surface area contributed by atoms with Gasteiger partial charge in [0.05, 0.1) is 17.1 Å². The number of hydrogen-bond donors (Lipinski definition) is 2. The summed E-state index contributed by atoms with van der Waals surface area (Å²) in [5, 5.41) is 10.7. The van der Waals surface area contributed by atoms with Crippen LogP contribution in [-0.2, 0) is 0 Å². The third kappa shape index (κ3) is 2.06. The largest absolute Gasteiger partial charge is 0.397 e. The highest BCUT2D eigenvalue weighted by atomic mass is 35.5. The van der Waals surface area contributed by atoms with Gasteiger partial charge in [-0.1, -0.05) is 11.6 Å². The number of benzene rings is 2. The Morgan fingerprint density at radius 3 is 2.63 bits per heavy atom. The lowest BCUT2D eigenvalue weighted by Crippen LogP contribution is -1.96. The van der Waals surface area contributed by atoms with Gasteiger partial charge < -0.3 is 11.1 Å². The van der Waals surface area contributed by atoms with Crippen molar-refractivity contribution in [3.8, 4) is 0 Å². The lowest BCUT2D eigenvalue weighted by atomic mass is 10.2. The molecule has 0 fully saturated rings. The minimum atomic E-state index is -0.464. The Bertz CT molecular complexity index is 759. The highest BCUT2D eigenvalue weighted by molar-refractivity contribution is 6.30. The van der Waals surface area contributed by atoms with E-state index in [1.54, 1.807) is 18.2 Å². The number of nitrogen functional groups attached to an aromatic ring is 1. The maximum atomic E-state index is 13.7. The molecule has 0 aliphatic heterocycles. The molecule has 0 aliphatic rings. The number of nitrogens with two attached hydrogens (primary N) is 1. The molecule has 3 N–H and O–H groups in total. The summed E-state index contributed by atoms with van der Waals surface area (Å²) in [6.07, 6.45) is 0. The Kier molecular flexibility index (Phi) is 2.72. The first-order valence-electron chi connectivity index (χ1n) is 5.38. The van der Waals surface area contributed by atoms with E-state index in [1.807, 2.05) is 0 Å². The minimum absolute atomic E-state index is 0.276. The van der Waals surface area contributed by atoms with Crippen LogP contribution in [0.5, 0.6) is 0 Å². The maximum absolute atomic E-state index is 13.7. The third-order valence-corrected chi connectivity index (χ3v) is 2.88. The number of halogens is 2. The second-order valence-corrected chi connectivity index (χ2v) is 4.35. The van der Waals surface area contributed by atoms with Crippen LogP contribution in [0.1, 0.15) is 0 Å². The van der Waals surface area contributed by atoms with Crippen LogP contribution in [0.25, 0.3) is 11.0 Å². The molecular formula is C12H8ClFN4O. The molecule has 19 heavy (non-hydrogen) atoms. The fraction of sp³-hybridized carbons (Fsp3) is 0. The van der Waals surface area contributed by atoms with Crippen LogP contribution in [0.3, 0.4) is 0 Å². The van der Waals surface area contributed by atoms with E-state index in [0.29, 0.717) is 27.4 Å². The summed E-state index contributed by atoms with van der Waals surface area (Å²) < 4.78 is 18.3. The SMILES string of the molecule is Nc1ccc(Nc2ccc(Cl)cc2F)c2nonc12. The highest BCUT2D eigenvalue weighted by Crippen LogP contribution is 2.29. The standard InChI is InChI=1S/C12H8ClFN4O/c13-6-1-3-9(7(14)5-6)16-10-4-2-8(15)11-12(10)18-19-17-11/h1-5,16H,15H2. The van der Waals surface area contributed by atoms with Crippen molar-refractivity contribution < 1.29 is 9.02 Å². The van der Waals surface area contributed by atoms with Gasteiger partial charge in [0.1, 0.15) is 5.82 Å². The molecule has 5 nitrogen and oxygen atoms in total. The molecule has 0 saturated heterocycles. The summed E-state index contributed by atoms with van der Waals surface area (Å²) in [5.41, 5.74) is 7.87. The molecule has 96 valence electrons. The number of rotatable bonds is 2. The molecule has 0 aliphatic carbocycles. The molecule has 0 spiro atoms. The van der Waals surface area contributed by atoms with E-state index in [2.05, 4.69) is 20.3 Å². The van der Waals surface area contributed by atoms with Gasteiger partial charge in [-0.15, -0.1) is 0 Å². The first kappa shape index (κ1) is 11.7. The van der Waals surface area contributed by atoms with Crippen LogP contribution in [0.4, 0.5) is 21.5 Å².